The molecule has 13 heteroatoms. The molecule has 0 radical (unpaired) electrons. The second kappa shape index (κ2) is 12.3. The summed E-state index contributed by atoms with van der Waals surface area (Å²) < 4.78 is 10.00. The van der Waals surface area contributed by atoms with E-state index in [1.807, 2.05) is 29.2 Å². The van der Waals surface area contributed by atoms with Crippen molar-refractivity contribution < 1.29 is 14.3 Å². The van der Waals surface area contributed by atoms with E-state index in [2.05, 4.69) is 0 Å². The lowest BCUT2D eigenvalue weighted by atomic mass is 9.95. The molecule has 1 amide bonds. The zero-order chi connectivity index (χ0) is 31.9. The number of thioether (sulfide) groups is 1. The molecule has 228 valence electrons. The van der Waals surface area contributed by atoms with E-state index in [0.29, 0.717) is 60.9 Å². The average Bonchev–Trinajstić information content (AvgIpc) is 3.41. The summed E-state index contributed by atoms with van der Waals surface area (Å²) >= 11 is 6.69. The number of thiocarbonyl (C=S) groups is 1. The molecule has 2 aromatic heterocycles. The highest BCUT2D eigenvalue weighted by Gasteiger charge is 2.38. The fourth-order valence-corrected chi connectivity index (χ4v) is 7.04. The number of amides is 1. The highest BCUT2D eigenvalue weighted by molar-refractivity contribution is 8.27. The predicted octanol–water partition coefficient (Wildman–Crippen LogP) is 3.55. The first-order valence-electron chi connectivity index (χ1n) is 14.2. The van der Waals surface area contributed by atoms with Crippen LogP contribution in [-0.2, 0) is 28.4 Å². The Bertz CT molecular complexity index is 1870. The number of nitrogens with zero attached hydrogens (tertiary/aromatic N) is 6. The third kappa shape index (κ3) is 5.18. The van der Waals surface area contributed by atoms with E-state index < -0.39 is 11.5 Å². The van der Waals surface area contributed by atoms with Gasteiger partial charge in [-0.25, -0.2) is 4.68 Å². The van der Waals surface area contributed by atoms with Crippen LogP contribution in [0.1, 0.15) is 42.1 Å². The monoisotopic (exact) mass is 632 g/mol. The SMILES string of the molecule is CCOC(=O)C1CCN(c2c(/C=C3\SC(=S)N(c4c(C)n(C)n(-c5ccccc5)c4=O)C3=O)c(C)c(C#N)c(=O)n2C)CC1. The molecule has 3 aromatic rings. The van der Waals surface area contributed by atoms with Gasteiger partial charge >= 0.3 is 5.97 Å². The number of benzene rings is 1. The summed E-state index contributed by atoms with van der Waals surface area (Å²) in [5.74, 6) is -0.397. The van der Waals surface area contributed by atoms with Crippen molar-refractivity contribution in [3.05, 3.63) is 78.3 Å². The number of piperidine rings is 1. The van der Waals surface area contributed by atoms with E-state index in [-0.39, 0.29) is 37.9 Å². The molecule has 0 bridgehead atoms. The molecule has 4 heterocycles. The molecule has 2 aliphatic rings. The van der Waals surface area contributed by atoms with E-state index >= 15 is 0 Å². The van der Waals surface area contributed by atoms with Crippen LogP contribution in [0.3, 0.4) is 0 Å². The van der Waals surface area contributed by atoms with E-state index in [1.54, 1.807) is 57.8 Å². The van der Waals surface area contributed by atoms with Crippen LogP contribution in [0, 0.1) is 31.1 Å². The van der Waals surface area contributed by atoms with Crippen LogP contribution in [0.5, 0.6) is 0 Å². The molecule has 5 rings (SSSR count). The van der Waals surface area contributed by atoms with Crippen molar-refractivity contribution in [1.29, 1.82) is 5.26 Å². The average molecular weight is 633 g/mol. The molecule has 11 nitrogen and oxygen atoms in total. The van der Waals surface area contributed by atoms with E-state index in [1.165, 1.54) is 14.1 Å². The molecule has 0 aliphatic carbocycles. The molecular weight excluding hydrogens is 601 g/mol. The van der Waals surface area contributed by atoms with Gasteiger partial charge in [-0.3, -0.25) is 33.3 Å². The van der Waals surface area contributed by atoms with Crippen molar-refractivity contribution in [2.24, 2.45) is 20.0 Å². The molecule has 0 saturated carbocycles. The van der Waals surface area contributed by atoms with Gasteiger partial charge in [0.2, 0.25) is 0 Å². The molecule has 44 heavy (non-hydrogen) atoms. The summed E-state index contributed by atoms with van der Waals surface area (Å²) in [7, 11) is 3.34. The highest BCUT2D eigenvalue weighted by Crippen LogP contribution is 2.39. The van der Waals surface area contributed by atoms with Gasteiger partial charge in [-0.05, 0) is 57.4 Å². The van der Waals surface area contributed by atoms with Crippen LogP contribution in [0.4, 0.5) is 11.5 Å². The van der Waals surface area contributed by atoms with Gasteiger partial charge in [0.05, 0.1) is 28.8 Å². The van der Waals surface area contributed by atoms with Crippen molar-refractivity contribution in [2.75, 3.05) is 29.5 Å². The largest absolute Gasteiger partial charge is 0.466 e. The number of carbonyl (C=O) groups is 2. The summed E-state index contributed by atoms with van der Waals surface area (Å²) in [6.45, 7) is 6.48. The molecule has 0 spiro atoms. The molecule has 2 saturated heterocycles. The Morgan fingerprint density at radius 2 is 1.77 bits per heavy atom. The van der Waals surface area contributed by atoms with Crippen LogP contribution >= 0.6 is 24.0 Å². The number of pyridine rings is 1. The molecule has 0 atom stereocenters. The molecule has 0 N–H and O–H groups in total. The zero-order valence-electron chi connectivity index (χ0n) is 25.1. The first kappa shape index (κ1) is 31.0. The topological polar surface area (TPSA) is 123 Å². The molecule has 0 unspecified atom stereocenters. The fourth-order valence-electron chi connectivity index (χ4n) is 5.78. The maximum atomic E-state index is 14.0. The number of esters is 1. The van der Waals surface area contributed by atoms with Gasteiger partial charge in [-0.2, -0.15) is 5.26 Å². The van der Waals surface area contributed by atoms with Crippen LogP contribution in [0.25, 0.3) is 11.8 Å². The van der Waals surface area contributed by atoms with Crippen LogP contribution in [-0.4, -0.2) is 49.8 Å². The van der Waals surface area contributed by atoms with E-state index in [9.17, 15) is 24.4 Å². The minimum Gasteiger partial charge on any atom is -0.466 e. The number of hydrogen-bond acceptors (Lipinski definition) is 9. The number of hydrogen-bond donors (Lipinski definition) is 0. The fraction of sp³-hybridized carbons (Fsp3) is 0.355. The number of nitriles is 1. The number of carbonyl (C=O) groups excluding carboxylic acids is 2. The Kier molecular flexibility index (Phi) is 8.67. The Hall–Kier alpha value is -4.41. The number of para-hydroxylation sites is 1. The van der Waals surface area contributed by atoms with Gasteiger partial charge in [-0.1, -0.05) is 42.2 Å². The summed E-state index contributed by atoms with van der Waals surface area (Å²) in [6, 6.07) is 11.1. The molecule has 2 aliphatic heterocycles. The van der Waals surface area contributed by atoms with Gasteiger partial charge in [0.15, 0.2) is 4.32 Å². The Balaban J connectivity index is 1.57. The zero-order valence-corrected chi connectivity index (χ0v) is 26.8. The van der Waals surface area contributed by atoms with Crippen molar-refractivity contribution in [3.8, 4) is 11.8 Å². The highest BCUT2D eigenvalue weighted by atomic mass is 32.2. The second-order valence-electron chi connectivity index (χ2n) is 10.7. The normalized spacial score (nSPS) is 16.6. The molecule has 2 fully saturated rings. The van der Waals surface area contributed by atoms with Crippen molar-refractivity contribution in [2.45, 2.75) is 33.6 Å². The van der Waals surface area contributed by atoms with Crippen molar-refractivity contribution in [3.63, 3.8) is 0 Å². The predicted molar refractivity (Wildman–Crippen MR) is 174 cm³/mol. The smallest absolute Gasteiger partial charge is 0.309 e. The van der Waals surface area contributed by atoms with Gasteiger partial charge in [0.25, 0.3) is 17.0 Å². The summed E-state index contributed by atoms with van der Waals surface area (Å²) in [5.41, 5.74) is 1.49. The van der Waals surface area contributed by atoms with Crippen LogP contribution in [0.15, 0.2) is 44.8 Å². The minimum absolute atomic E-state index is 0.0240. The lowest BCUT2D eigenvalue weighted by molar-refractivity contribution is -0.148. The Morgan fingerprint density at radius 3 is 2.39 bits per heavy atom. The van der Waals surface area contributed by atoms with Crippen molar-refractivity contribution in [1.82, 2.24) is 13.9 Å². The maximum absolute atomic E-state index is 14.0. The van der Waals surface area contributed by atoms with E-state index in [0.717, 1.165) is 11.8 Å². The third-order valence-corrected chi connectivity index (χ3v) is 9.50. The van der Waals surface area contributed by atoms with Crippen LogP contribution in [0.2, 0.25) is 0 Å². The quantitative estimate of drug-likeness (QED) is 0.228. The van der Waals surface area contributed by atoms with Gasteiger partial charge < -0.3 is 9.64 Å². The van der Waals surface area contributed by atoms with Crippen molar-refractivity contribution >= 4 is 57.8 Å². The summed E-state index contributed by atoms with van der Waals surface area (Å²) in [6.07, 6.45) is 2.72. The Morgan fingerprint density at radius 1 is 1.11 bits per heavy atom. The van der Waals surface area contributed by atoms with Gasteiger partial charge in [0.1, 0.15) is 23.1 Å². The number of anilines is 2. The van der Waals surface area contributed by atoms with Gasteiger partial charge in [-0.15, -0.1) is 0 Å². The summed E-state index contributed by atoms with van der Waals surface area (Å²) in [4.78, 5) is 56.7. The van der Waals surface area contributed by atoms with Gasteiger partial charge in [0, 0.05) is 32.7 Å². The third-order valence-electron chi connectivity index (χ3n) is 8.20. The number of aromatic nitrogens is 3. The molecular formula is C31H32N6O5S2. The van der Waals surface area contributed by atoms with Crippen LogP contribution < -0.4 is 20.9 Å². The number of ether oxygens (including phenoxy) is 1. The lowest BCUT2D eigenvalue weighted by Crippen LogP contribution is -2.40. The van der Waals surface area contributed by atoms with E-state index in [4.69, 9.17) is 17.0 Å². The number of rotatable bonds is 6. The second-order valence-corrected chi connectivity index (χ2v) is 12.3. The Labute approximate surface area is 263 Å². The standard InChI is InChI=1S/C31H32N6O5S2/c1-6-42-30(41)20-12-14-35(15-13-20)26-22(18(2)23(17-32)27(38)33(26)4)16-24-28(39)36(31(43)44-24)25-19(3)34(5)37(29(25)40)21-10-8-7-9-11-21/h7-11,16,20H,6,12-15H2,1-5H3/b24-16-. The first-order chi connectivity index (χ1) is 21.0. The minimum atomic E-state index is -0.468. The maximum Gasteiger partial charge on any atom is 0.309 e. The molecule has 1 aromatic carbocycles. The summed E-state index contributed by atoms with van der Waals surface area (Å²) in [5, 5.41) is 9.84. The first-order valence-corrected chi connectivity index (χ1v) is 15.4. The lowest BCUT2D eigenvalue weighted by Gasteiger charge is -2.35.